The van der Waals surface area contributed by atoms with Crippen molar-refractivity contribution in [3.63, 3.8) is 0 Å². The second kappa shape index (κ2) is 5.49. The molecule has 8 heteroatoms. The van der Waals surface area contributed by atoms with E-state index in [1.807, 2.05) is 13.8 Å². The minimum atomic E-state index is -4.01. The zero-order valence-corrected chi connectivity index (χ0v) is 11.4. The molecule has 0 saturated heterocycles. The monoisotopic (exact) mass is 275 g/mol. The van der Waals surface area contributed by atoms with Crippen molar-refractivity contribution in [3.05, 3.63) is 11.4 Å². The maximum atomic E-state index is 11.7. The maximum absolute atomic E-state index is 11.7. The molecular formula is C10H17N3O4S. The second-order valence-corrected chi connectivity index (χ2v) is 5.77. The summed E-state index contributed by atoms with van der Waals surface area (Å²) in [5, 5.41) is 11.2. The number of esters is 1. The normalized spacial score (nSPS) is 11.8. The van der Waals surface area contributed by atoms with Crippen LogP contribution in [0.4, 0.5) is 0 Å². The van der Waals surface area contributed by atoms with Gasteiger partial charge in [0.2, 0.25) is 10.0 Å². The summed E-state index contributed by atoms with van der Waals surface area (Å²) in [7, 11) is -4.01. The number of hydrogen-bond acceptors (Lipinski definition) is 5. The number of nitrogens with one attached hydrogen (secondary N) is 1. The fraction of sp³-hybridized carbons (Fsp3) is 0.600. The van der Waals surface area contributed by atoms with E-state index >= 15 is 0 Å². The molecule has 0 aliphatic heterocycles. The Labute approximate surface area is 106 Å². The fourth-order valence-electron chi connectivity index (χ4n) is 1.36. The first-order chi connectivity index (χ1) is 8.27. The fourth-order valence-corrected chi connectivity index (χ4v) is 2.29. The first-order valence-corrected chi connectivity index (χ1v) is 7.09. The van der Waals surface area contributed by atoms with Crippen molar-refractivity contribution in [2.24, 2.45) is 11.1 Å². The van der Waals surface area contributed by atoms with Crippen molar-refractivity contribution < 1.29 is 17.9 Å². The standard InChI is InChI=1S/C10H17N3O4S/c1-4-7-9(18(11,15)16)8(13-12-7)10(14)17-5-6(2)3/h6H,4-5H2,1-3H3,(H,12,13)(H2,11,15,16). The number of aromatic nitrogens is 2. The molecule has 7 nitrogen and oxygen atoms in total. The van der Waals surface area contributed by atoms with Crippen molar-refractivity contribution in [1.82, 2.24) is 10.2 Å². The molecule has 1 aromatic rings. The third-order valence-corrected chi connectivity index (χ3v) is 3.18. The van der Waals surface area contributed by atoms with E-state index in [4.69, 9.17) is 9.88 Å². The minimum Gasteiger partial charge on any atom is -0.461 e. The highest BCUT2D eigenvalue weighted by Gasteiger charge is 2.27. The summed E-state index contributed by atoms with van der Waals surface area (Å²) < 4.78 is 27.8. The topological polar surface area (TPSA) is 115 Å². The Balaban J connectivity index is 3.10. The van der Waals surface area contributed by atoms with Crippen LogP contribution >= 0.6 is 0 Å². The summed E-state index contributed by atoms with van der Waals surface area (Å²) in [6, 6.07) is 0. The molecule has 0 amide bonds. The van der Waals surface area contributed by atoms with Crippen LogP contribution < -0.4 is 5.14 Å². The molecule has 1 rings (SSSR count). The molecule has 1 heterocycles. The summed E-state index contributed by atoms with van der Waals surface area (Å²) in [4.78, 5) is 11.4. The predicted octanol–water partition coefficient (Wildman–Crippen LogP) is 0.432. The van der Waals surface area contributed by atoms with Gasteiger partial charge in [-0.25, -0.2) is 18.4 Å². The van der Waals surface area contributed by atoms with Gasteiger partial charge in [-0.3, -0.25) is 5.10 Å². The maximum Gasteiger partial charge on any atom is 0.360 e. The van der Waals surface area contributed by atoms with Gasteiger partial charge in [-0.05, 0) is 12.3 Å². The third kappa shape index (κ3) is 3.30. The lowest BCUT2D eigenvalue weighted by atomic mass is 10.2. The molecule has 0 atom stereocenters. The molecule has 0 spiro atoms. The molecule has 18 heavy (non-hydrogen) atoms. The molecule has 0 aliphatic carbocycles. The summed E-state index contributed by atoms with van der Waals surface area (Å²) in [5.41, 5.74) is 0.0176. The Bertz CT molecular complexity index is 533. The average Bonchev–Trinajstić information content (AvgIpc) is 2.68. The minimum absolute atomic E-state index is 0.150. The lowest BCUT2D eigenvalue weighted by Crippen LogP contribution is -2.19. The van der Waals surface area contributed by atoms with E-state index in [-0.39, 0.29) is 23.1 Å². The number of aromatic amines is 1. The first-order valence-electron chi connectivity index (χ1n) is 5.54. The highest BCUT2D eigenvalue weighted by Crippen LogP contribution is 2.18. The molecule has 1 aromatic heterocycles. The number of aryl methyl sites for hydroxylation is 1. The molecule has 102 valence electrons. The van der Waals surface area contributed by atoms with Gasteiger partial charge < -0.3 is 4.74 Å². The summed E-state index contributed by atoms with van der Waals surface area (Å²) >= 11 is 0. The Morgan fingerprint density at radius 3 is 2.56 bits per heavy atom. The molecule has 0 bridgehead atoms. The van der Waals surface area contributed by atoms with Crippen LogP contribution in [0.15, 0.2) is 4.90 Å². The average molecular weight is 275 g/mol. The number of rotatable bonds is 5. The van der Waals surface area contributed by atoms with E-state index in [1.165, 1.54) is 0 Å². The van der Waals surface area contributed by atoms with Crippen LogP contribution in [0.2, 0.25) is 0 Å². The number of nitrogens with two attached hydrogens (primary N) is 1. The molecule has 0 saturated carbocycles. The molecule has 0 fully saturated rings. The highest BCUT2D eigenvalue weighted by atomic mass is 32.2. The van der Waals surface area contributed by atoms with Crippen LogP contribution in [0.25, 0.3) is 0 Å². The number of sulfonamides is 1. The molecule has 0 radical (unpaired) electrons. The van der Waals surface area contributed by atoms with E-state index in [2.05, 4.69) is 10.2 Å². The lowest BCUT2D eigenvalue weighted by Gasteiger charge is -2.06. The van der Waals surface area contributed by atoms with Gasteiger partial charge in [0, 0.05) is 0 Å². The largest absolute Gasteiger partial charge is 0.461 e. The molecule has 3 N–H and O–H groups in total. The van der Waals surface area contributed by atoms with Crippen molar-refractivity contribution >= 4 is 16.0 Å². The number of nitrogens with zero attached hydrogens (tertiary/aromatic N) is 1. The Hall–Kier alpha value is -1.41. The zero-order valence-electron chi connectivity index (χ0n) is 10.6. The number of primary sulfonamides is 1. The van der Waals surface area contributed by atoms with E-state index in [9.17, 15) is 13.2 Å². The van der Waals surface area contributed by atoms with Crippen molar-refractivity contribution in [2.75, 3.05) is 6.61 Å². The number of ether oxygens (including phenoxy) is 1. The van der Waals surface area contributed by atoms with Gasteiger partial charge in [0.1, 0.15) is 4.90 Å². The van der Waals surface area contributed by atoms with Crippen molar-refractivity contribution in [3.8, 4) is 0 Å². The molecule has 0 unspecified atom stereocenters. The Morgan fingerprint density at radius 2 is 2.11 bits per heavy atom. The quantitative estimate of drug-likeness (QED) is 0.756. The first kappa shape index (κ1) is 14.7. The van der Waals surface area contributed by atoms with Gasteiger partial charge in [0.25, 0.3) is 0 Å². The van der Waals surface area contributed by atoms with Gasteiger partial charge in [-0.2, -0.15) is 5.10 Å². The van der Waals surface area contributed by atoms with Crippen molar-refractivity contribution in [1.29, 1.82) is 0 Å². The van der Waals surface area contributed by atoms with Gasteiger partial charge in [0.05, 0.1) is 12.3 Å². The third-order valence-electron chi connectivity index (χ3n) is 2.17. The smallest absolute Gasteiger partial charge is 0.360 e. The van der Waals surface area contributed by atoms with E-state index < -0.39 is 16.0 Å². The predicted molar refractivity (Wildman–Crippen MR) is 64.5 cm³/mol. The van der Waals surface area contributed by atoms with E-state index in [0.717, 1.165) is 0 Å². The van der Waals surface area contributed by atoms with Crippen molar-refractivity contribution in [2.45, 2.75) is 32.1 Å². The summed E-state index contributed by atoms with van der Waals surface area (Å²) in [6.07, 6.45) is 0.371. The Morgan fingerprint density at radius 1 is 1.50 bits per heavy atom. The number of carbonyl (C=O) groups excluding carboxylic acids is 1. The number of hydrogen-bond donors (Lipinski definition) is 2. The van der Waals surface area contributed by atoms with Crippen LogP contribution in [-0.2, 0) is 21.2 Å². The molecule has 0 aliphatic rings. The lowest BCUT2D eigenvalue weighted by molar-refractivity contribution is 0.0447. The molecular weight excluding hydrogens is 258 g/mol. The molecule has 0 aromatic carbocycles. The van der Waals surface area contributed by atoms with Crippen LogP contribution in [-0.4, -0.2) is 31.2 Å². The summed E-state index contributed by atoms with van der Waals surface area (Å²) in [5.74, 6) is -0.639. The van der Waals surface area contributed by atoms with E-state index in [0.29, 0.717) is 12.1 Å². The van der Waals surface area contributed by atoms with Crippen LogP contribution in [0.1, 0.15) is 37.0 Å². The Kier molecular flexibility index (Phi) is 4.47. The van der Waals surface area contributed by atoms with Gasteiger partial charge in [-0.1, -0.05) is 20.8 Å². The van der Waals surface area contributed by atoms with Gasteiger partial charge in [0.15, 0.2) is 5.69 Å². The highest BCUT2D eigenvalue weighted by molar-refractivity contribution is 7.89. The SMILES string of the molecule is CCc1[nH]nc(C(=O)OCC(C)C)c1S(N)(=O)=O. The van der Waals surface area contributed by atoms with Crippen LogP contribution in [0, 0.1) is 5.92 Å². The zero-order chi connectivity index (χ0) is 13.9. The van der Waals surface area contributed by atoms with Crippen LogP contribution in [0.5, 0.6) is 0 Å². The van der Waals surface area contributed by atoms with Gasteiger partial charge in [-0.15, -0.1) is 0 Å². The number of carbonyl (C=O) groups is 1. The number of H-pyrrole nitrogens is 1. The summed E-state index contributed by atoms with van der Waals surface area (Å²) in [6.45, 7) is 5.66. The second-order valence-electron chi connectivity index (χ2n) is 4.27. The van der Waals surface area contributed by atoms with Crippen LogP contribution in [0.3, 0.4) is 0 Å². The van der Waals surface area contributed by atoms with E-state index in [1.54, 1.807) is 6.92 Å². The van der Waals surface area contributed by atoms with Gasteiger partial charge >= 0.3 is 5.97 Å².